The van der Waals surface area contributed by atoms with Gasteiger partial charge in [0.25, 0.3) is 0 Å². The monoisotopic (exact) mass is 226 g/mol. The fourth-order valence-electron chi connectivity index (χ4n) is 3.50. The number of hydrogen-bond acceptors (Lipinski definition) is 2. The topological polar surface area (TPSA) is 29.5 Å². The Morgan fingerprint density at radius 2 is 2.12 bits per heavy atom. The molecule has 1 N–H and O–H groups in total. The second kappa shape index (κ2) is 5.50. The van der Waals surface area contributed by atoms with Crippen LogP contribution >= 0.6 is 0 Å². The highest BCUT2D eigenvalue weighted by Gasteiger charge is 2.38. The molecular formula is C14H26O2. The smallest absolute Gasteiger partial charge is 0.0707 e. The normalized spacial score (nSPS) is 40.9. The van der Waals surface area contributed by atoms with E-state index in [0.717, 1.165) is 25.4 Å². The van der Waals surface area contributed by atoms with Crippen LogP contribution in [0.4, 0.5) is 0 Å². The Kier molecular flexibility index (Phi) is 4.26. The van der Waals surface area contributed by atoms with Crippen molar-refractivity contribution >= 4 is 0 Å². The third-order valence-electron chi connectivity index (χ3n) is 4.42. The minimum Gasteiger partial charge on any atom is -0.393 e. The molecule has 0 amide bonds. The zero-order valence-corrected chi connectivity index (χ0v) is 10.6. The summed E-state index contributed by atoms with van der Waals surface area (Å²) in [5.41, 5.74) is 0.0418. The first-order chi connectivity index (χ1) is 7.74. The Morgan fingerprint density at radius 1 is 1.25 bits per heavy atom. The molecule has 1 aliphatic heterocycles. The third-order valence-corrected chi connectivity index (χ3v) is 4.42. The van der Waals surface area contributed by atoms with Crippen LogP contribution in [0, 0.1) is 5.92 Å². The number of hydrogen-bond donors (Lipinski definition) is 1. The minimum absolute atomic E-state index is 0.0418. The van der Waals surface area contributed by atoms with Gasteiger partial charge in [-0.25, -0.2) is 0 Å². The maximum atomic E-state index is 9.81. The number of ether oxygens (including phenoxy) is 1. The molecule has 1 saturated carbocycles. The molecule has 1 spiro atoms. The predicted octanol–water partition coefficient (Wildman–Crippen LogP) is 3.28. The van der Waals surface area contributed by atoms with Crippen LogP contribution in [-0.4, -0.2) is 23.4 Å². The Hall–Kier alpha value is -0.0800. The molecule has 0 aromatic heterocycles. The summed E-state index contributed by atoms with van der Waals surface area (Å²) in [5, 5.41) is 9.81. The molecule has 94 valence electrons. The molecule has 0 aromatic rings. The van der Waals surface area contributed by atoms with Crippen molar-refractivity contribution in [2.75, 3.05) is 6.61 Å². The van der Waals surface area contributed by atoms with Crippen molar-refractivity contribution in [2.24, 2.45) is 5.92 Å². The molecule has 2 nitrogen and oxygen atoms in total. The Labute approximate surface area is 99.4 Å². The first-order valence-electron chi connectivity index (χ1n) is 7.06. The Morgan fingerprint density at radius 3 is 2.88 bits per heavy atom. The molecule has 0 aromatic carbocycles. The highest BCUT2D eigenvalue weighted by Crippen LogP contribution is 2.40. The van der Waals surface area contributed by atoms with E-state index >= 15 is 0 Å². The van der Waals surface area contributed by atoms with Crippen LogP contribution in [0.3, 0.4) is 0 Å². The molecule has 2 aliphatic rings. The Bertz CT molecular complexity index is 217. The molecule has 1 heterocycles. The highest BCUT2D eigenvalue weighted by molar-refractivity contribution is 4.89. The fourth-order valence-corrected chi connectivity index (χ4v) is 3.50. The van der Waals surface area contributed by atoms with E-state index in [4.69, 9.17) is 4.74 Å². The van der Waals surface area contributed by atoms with Gasteiger partial charge in [0.1, 0.15) is 0 Å². The Balaban J connectivity index is 1.91. The zero-order chi connectivity index (χ0) is 11.4. The van der Waals surface area contributed by atoms with Crippen molar-refractivity contribution in [3.8, 4) is 0 Å². The average molecular weight is 226 g/mol. The van der Waals surface area contributed by atoms with Crippen LogP contribution in [0.2, 0.25) is 0 Å². The van der Waals surface area contributed by atoms with Crippen molar-refractivity contribution < 1.29 is 9.84 Å². The van der Waals surface area contributed by atoms with Gasteiger partial charge in [-0.15, -0.1) is 0 Å². The first kappa shape index (κ1) is 12.4. The van der Waals surface area contributed by atoms with E-state index in [-0.39, 0.29) is 11.7 Å². The lowest BCUT2D eigenvalue weighted by Crippen LogP contribution is -2.41. The van der Waals surface area contributed by atoms with Crippen LogP contribution < -0.4 is 0 Å². The second-order valence-electron chi connectivity index (χ2n) is 5.76. The predicted molar refractivity (Wildman–Crippen MR) is 65.4 cm³/mol. The van der Waals surface area contributed by atoms with Gasteiger partial charge in [0, 0.05) is 13.0 Å². The zero-order valence-electron chi connectivity index (χ0n) is 10.6. The van der Waals surface area contributed by atoms with E-state index < -0.39 is 0 Å². The quantitative estimate of drug-likeness (QED) is 0.783. The van der Waals surface area contributed by atoms with Crippen LogP contribution in [0.5, 0.6) is 0 Å². The molecule has 16 heavy (non-hydrogen) atoms. The molecule has 2 fully saturated rings. The van der Waals surface area contributed by atoms with E-state index in [1.54, 1.807) is 0 Å². The van der Waals surface area contributed by atoms with Crippen molar-refractivity contribution in [3.05, 3.63) is 0 Å². The lowest BCUT2D eigenvalue weighted by Gasteiger charge is -2.39. The number of aliphatic hydroxyl groups excluding tert-OH is 1. The average Bonchev–Trinajstić information content (AvgIpc) is 2.43. The van der Waals surface area contributed by atoms with Crippen LogP contribution in [-0.2, 0) is 4.74 Å². The summed E-state index contributed by atoms with van der Waals surface area (Å²) < 4.78 is 6.02. The molecular weight excluding hydrogens is 200 g/mol. The standard InChI is InChI=1S/C14H26O2/c1-2-4-12-5-3-8-14(9-6-12)11-13(15)7-10-16-14/h12-13,15H,2-11H2,1H3. The van der Waals surface area contributed by atoms with Gasteiger partial charge in [0.15, 0.2) is 0 Å². The van der Waals surface area contributed by atoms with Gasteiger partial charge in [-0.05, 0) is 31.6 Å². The third kappa shape index (κ3) is 2.98. The molecule has 3 unspecified atom stereocenters. The van der Waals surface area contributed by atoms with E-state index in [9.17, 15) is 5.11 Å². The molecule has 1 saturated heterocycles. The molecule has 2 heteroatoms. The van der Waals surface area contributed by atoms with Gasteiger partial charge in [-0.1, -0.05) is 32.6 Å². The molecule has 0 bridgehead atoms. The van der Waals surface area contributed by atoms with Gasteiger partial charge in [0.2, 0.25) is 0 Å². The van der Waals surface area contributed by atoms with E-state index in [2.05, 4.69) is 6.92 Å². The SMILES string of the molecule is CCCC1CCCC2(CC1)CC(O)CCO2. The van der Waals surface area contributed by atoms with Crippen molar-refractivity contribution in [1.82, 2.24) is 0 Å². The van der Waals surface area contributed by atoms with Gasteiger partial charge >= 0.3 is 0 Å². The lowest BCUT2D eigenvalue weighted by molar-refractivity contribution is -0.125. The van der Waals surface area contributed by atoms with Crippen LogP contribution in [0.1, 0.15) is 64.7 Å². The van der Waals surface area contributed by atoms with Gasteiger partial charge < -0.3 is 9.84 Å². The maximum absolute atomic E-state index is 9.81. The second-order valence-corrected chi connectivity index (χ2v) is 5.76. The molecule has 3 atom stereocenters. The van der Waals surface area contributed by atoms with Gasteiger partial charge in [-0.3, -0.25) is 0 Å². The first-order valence-corrected chi connectivity index (χ1v) is 7.06. The summed E-state index contributed by atoms with van der Waals surface area (Å²) in [6.45, 7) is 3.04. The largest absolute Gasteiger partial charge is 0.393 e. The highest BCUT2D eigenvalue weighted by atomic mass is 16.5. The van der Waals surface area contributed by atoms with Crippen molar-refractivity contribution in [2.45, 2.75) is 76.4 Å². The minimum atomic E-state index is -0.114. The summed E-state index contributed by atoms with van der Waals surface area (Å²) in [4.78, 5) is 0. The van der Waals surface area contributed by atoms with Gasteiger partial charge in [-0.2, -0.15) is 0 Å². The van der Waals surface area contributed by atoms with E-state index in [1.165, 1.54) is 44.9 Å². The van der Waals surface area contributed by atoms with Crippen LogP contribution in [0.25, 0.3) is 0 Å². The van der Waals surface area contributed by atoms with E-state index in [1.807, 2.05) is 0 Å². The maximum Gasteiger partial charge on any atom is 0.0707 e. The van der Waals surface area contributed by atoms with Gasteiger partial charge in [0.05, 0.1) is 11.7 Å². The summed E-state index contributed by atoms with van der Waals surface area (Å²) in [5.74, 6) is 0.909. The van der Waals surface area contributed by atoms with Crippen LogP contribution in [0.15, 0.2) is 0 Å². The lowest BCUT2D eigenvalue weighted by atomic mass is 9.85. The molecule has 0 radical (unpaired) electrons. The fraction of sp³-hybridized carbons (Fsp3) is 1.00. The summed E-state index contributed by atoms with van der Waals surface area (Å²) in [7, 11) is 0. The summed E-state index contributed by atoms with van der Waals surface area (Å²) >= 11 is 0. The summed E-state index contributed by atoms with van der Waals surface area (Å²) in [6, 6.07) is 0. The van der Waals surface area contributed by atoms with E-state index in [0.29, 0.717) is 0 Å². The molecule has 2 rings (SSSR count). The molecule has 1 aliphatic carbocycles. The summed E-state index contributed by atoms with van der Waals surface area (Å²) in [6.07, 6.45) is 10.6. The van der Waals surface area contributed by atoms with Crippen molar-refractivity contribution in [1.29, 1.82) is 0 Å². The number of aliphatic hydroxyl groups is 1. The van der Waals surface area contributed by atoms with Crippen molar-refractivity contribution in [3.63, 3.8) is 0 Å². The number of rotatable bonds is 2.